The van der Waals surface area contributed by atoms with Crippen LogP contribution in [0.4, 0.5) is 4.79 Å². The van der Waals surface area contributed by atoms with Gasteiger partial charge in [-0.25, -0.2) is 4.79 Å². The van der Waals surface area contributed by atoms with Gasteiger partial charge in [-0.05, 0) is 58.2 Å². The molecule has 0 aliphatic carbocycles. The Morgan fingerprint density at radius 2 is 1.92 bits per heavy atom. The van der Waals surface area contributed by atoms with Crippen LogP contribution in [0, 0.1) is 5.92 Å². The van der Waals surface area contributed by atoms with Crippen molar-refractivity contribution >= 4 is 23.6 Å². The lowest BCUT2D eigenvalue weighted by atomic mass is 9.95. The van der Waals surface area contributed by atoms with Gasteiger partial charge in [0.05, 0.1) is 6.04 Å². The molecule has 1 fully saturated rings. The minimum atomic E-state index is -0.502. The Balaban J connectivity index is 1.84. The highest BCUT2D eigenvalue weighted by molar-refractivity contribution is 6.30. The Hall–Kier alpha value is -1.75. The summed E-state index contributed by atoms with van der Waals surface area (Å²) < 4.78 is 5.38. The lowest BCUT2D eigenvalue weighted by molar-refractivity contribution is -0.127. The maximum Gasteiger partial charge on any atom is 0.410 e. The first-order valence-electron chi connectivity index (χ1n) is 8.69. The summed E-state index contributed by atoms with van der Waals surface area (Å²) in [7, 11) is 0. The molecule has 2 amide bonds. The summed E-state index contributed by atoms with van der Waals surface area (Å²) in [6.45, 7) is 8.57. The summed E-state index contributed by atoms with van der Waals surface area (Å²) in [4.78, 5) is 26.2. The van der Waals surface area contributed by atoms with Gasteiger partial charge >= 0.3 is 6.09 Å². The highest BCUT2D eigenvalue weighted by Gasteiger charge is 2.30. The fourth-order valence-electron chi connectivity index (χ4n) is 2.84. The fourth-order valence-corrected chi connectivity index (χ4v) is 3.04. The van der Waals surface area contributed by atoms with Crippen LogP contribution in [-0.2, 0) is 9.53 Å². The molecular weight excluding hydrogens is 340 g/mol. The van der Waals surface area contributed by atoms with Gasteiger partial charge in [-0.3, -0.25) is 4.79 Å². The molecule has 0 bridgehead atoms. The predicted molar refractivity (Wildman–Crippen MR) is 98.5 cm³/mol. The molecule has 5 nitrogen and oxygen atoms in total. The van der Waals surface area contributed by atoms with Crippen LogP contribution in [0.2, 0.25) is 5.02 Å². The van der Waals surface area contributed by atoms with Gasteiger partial charge in [0, 0.05) is 24.0 Å². The average molecular weight is 367 g/mol. The summed E-state index contributed by atoms with van der Waals surface area (Å²) in [5.74, 6) is -0.0587. The van der Waals surface area contributed by atoms with Crippen molar-refractivity contribution in [2.75, 3.05) is 13.1 Å². The molecule has 2 rings (SSSR count). The van der Waals surface area contributed by atoms with Crippen molar-refractivity contribution in [1.29, 1.82) is 0 Å². The molecule has 1 N–H and O–H groups in total. The first kappa shape index (κ1) is 19.6. The number of nitrogens with zero attached hydrogens (tertiary/aromatic N) is 1. The van der Waals surface area contributed by atoms with Crippen molar-refractivity contribution in [1.82, 2.24) is 10.2 Å². The Morgan fingerprint density at radius 3 is 2.48 bits per heavy atom. The fraction of sp³-hybridized carbons (Fsp3) is 0.579. The molecule has 1 atom stereocenters. The van der Waals surface area contributed by atoms with Gasteiger partial charge in [0.25, 0.3) is 0 Å². The van der Waals surface area contributed by atoms with Crippen molar-refractivity contribution in [2.45, 2.75) is 52.2 Å². The van der Waals surface area contributed by atoms with E-state index in [9.17, 15) is 9.59 Å². The summed E-state index contributed by atoms with van der Waals surface area (Å²) in [5.41, 5.74) is 0.476. The number of benzene rings is 1. The van der Waals surface area contributed by atoms with Crippen LogP contribution in [0.5, 0.6) is 0 Å². The number of ether oxygens (including phenoxy) is 1. The number of hydrogen-bond donors (Lipinski definition) is 1. The van der Waals surface area contributed by atoms with E-state index >= 15 is 0 Å². The van der Waals surface area contributed by atoms with Crippen molar-refractivity contribution in [2.24, 2.45) is 5.92 Å². The predicted octanol–water partition coefficient (Wildman–Crippen LogP) is 4.16. The largest absolute Gasteiger partial charge is 0.444 e. The number of carbonyl (C=O) groups excluding carboxylic acids is 2. The van der Waals surface area contributed by atoms with Gasteiger partial charge in [0.15, 0.2) is 0 Å². The van der Waals surface area contributed by atoms with Gasteiger partial charge in [-0.15, -0.1) is 0 Å². The zero-order valence-corrected chi connectivity index (χ0v) is 16.1. The second-order valence-corrected chi connectivity index (χ2v) is 7.96. The van der Waals surface area contributed by atoms with E-state index < -0.39 is 5.60 Å². The quantitative estimate of drug-likeness (QED) is 0.873. The first-order chi connectivity index (χ1) is 11.7. The molecular formula is C19H27ClN2O3. The molecule has 0 saturated carbocycles. The molecule has 1 aliphatic rings. The maximum absolute atomic E-state index is 12.5. The van der Waals surface area contributed by atoms with Crippen LogP contribution < -0.4 is 5.32 Å². The van der Waals surface area contributed by atoms with Crippen molar-refractivity contribution in [3.63, 3.8) is 0 Å². The molecule has 1 aliphatic heterocycles. The zero-order valence-electron chi connectivity index (χ0n) is 15.3. The third kappa shape index (κ3) is 5.92. The Labute approximate surface area is 154 Å². The summed E-state index contributed by atoms with van der Waals surface area (Å²) in [6, 6.07) is 7.39. The lowest BCUT2D eigenvalue weighted by Gasteiger charge is -2.33. The average Bonchev–Trinajstić information content (AvgIpc) is 2.53. The van der Waals surface area contributed by atoms with E-state index in [1.807, 2.05) is 52.0 Å². The smallest absolute Gasteiger partial charge is 0.410 e. The van der Waals surface area contributed by atoms with Gasteiger partial charge in [0.1, 0.15) is 5.60 Å². The zero-order chi connectivity index (χ0) is 18.6. The summed E-state index contributed by atoms with van der Waals surface area (Å²) >= 11 is 6.00. The SMILES string of the molecule is CC(NC(=O)C1CCN(C(=O)OC(C)(C)C)CC1)c1cccc(Cl)c1. The standard InChI is InChI=1S/C19H27ClN2O3/c1-13(15-6-5-7-16(20)12-15)21-17(23)14-8-10-22(11-9-14)18(24)25-19(2,3)4/h5-7,12-14H,8-11H2,1-4H3,(H,21,23). The van der Waals surface area contributed by atoms with Crippen molar-refractivity contribution < 1.29 is 14.3 Å². The van der Waals surface area contributed by atoms with E-state index in [1.165, 1.54) is 0 Å². The van der Waals surface area contributed by atoms with E-state index in [4.69, 9.17) is 16.3 Å². The molecule has 1 heterocycles. The van der Waals surface area contributed by atoms with Crippen LogP contribution in [0.3, 0.4) is 0 Å². The van der Waals surface area contributed by atoms with E-state index in [0.717, 1.165) is 5.56 Å². The number of carbonyl (C=O) groups is 2. The molecule has 0 spiro atoms. The Morgan fingerprint density at radius 1 is 1.28 bits per heavy atom. The van der Waals surface area contributed by atoms with Crippen LogP contribution in [-0.4, -0.2) is 35.6 Å². The Bertz CT molecular complexity index is 619. The molecule has 1 saturated heterocycles. The molecule has 6 heteroatoms. The Kier molecular flexibility index (Phi) is 6.33. The monoisotopic (exact) mass is 366 g/mol. The second-order valence-electron chi connectivity index (χ2n) is 7.53. The third-order valence-corrected chi connectivity index (χ3v) is 4.46. The van der Waals surface area contributed by atoms with Crippen molar-refractivity contribution in [3.05, 3.63) is 34.9 Å². The molecule has 1 aromatic rings. The minimum Gasteiger partial charge on any atom is -0.444 e. The number of halogens is 1. The molecule has 1 unspecified atom stereocenters. The maximum atomic E-state index is 12.5. The van der Waals surface area contributed by atoms with Gasteiger partial charge in [-0.1, -0.05) is 23.7 Å². The van der Waals surface area contributed by atoms with Gasteiger partial charge in [-0.2, -0.15) is 0 Å². The number of piperidine rings is 1. The number of hydrogen-bond acceptors (Lipinski definition) is 3. The van der Waals surface area contributed by atoms with E-state index in [0.29, 0.717) is 31.0 Å². The highest BCUT2D eigenvalue weighted by Crippen LogP contribution is 2.22. The number of nitrogens with one attached hydrogen (secondary N) is 1. The van der Waals surface area contributed by atoms with Gasteiger partial charge in [0.2, 0.25) is 5.91 Å². The number of rotatable bonds is 3. The molecule has 0 radical (unpaired) electrons. The van der Waals surface area contributed by atoms with E-state index in [1.54, 1.807) is 4.90 Å². The van der Waals surface area contributed by atoms with Crippen LogP contribution in [0.1, 0.15) is 52.1 Å². The van der Waals surface area contributed by atoms with Crippen LogP contribution in [0.25, 0.3) is 0 Å². The van der Waals surface area contributed by atoms with Gasteiger partial charge < -0.3 is 15.0 Å². The minimum absolute atomic E-state index is 0.0244. The van der Waals surface area contributed by atoms with Crippen LogP contribution >= 0.6 is 11.6 Å². The summed E-state index contributed by atoms with van der Waals surface area (Å²) in [6.07, 6.45) is 0.986. The highest BCUT2D eigenvalue weighted by atomic mass is 35.5. The molecule has 138 valence electrons. The molecule has 25 heavy (non-hydrogen) atoms. The third-order valence-electron chi connectivity index (χ3n) is 4.22. The van der Waals surface area contributed by atoms with E-state index in [-0.39, 0.29) is 24.0 Å². The first-order valence-corrected chi connectivity index (χ1v) is 9.07. The van der Waals surface area contributed by atoms with E-state index in [2.05, 4.69) is 5.32 Å². The normalized spacial score (nSPS) is 17.1. The lowest BCUT2D eigenvalue weighted by Crippen LogP contribution is -2.45. The second kappa shape index (κ2) is 8.09. The number of amides is 2. The number of likely N-dealkylation sites (tertiary alicyclic amines) is 1. The van der Waals surface area contributed by atoms with Crippen molar-refractivity contribution in [3.8, 4) is 0 Å². The van der Waals surface area contributed by atoms with Crippen LogP contribution in [0.15, 0.2) is 24.3 Å². The summed E-state index contributed by atoms with van der Waals surface area (Å²) in [5, 5.41) is 3.70. The molecule has 0 aromatic heterocycles. The molecule has 1 aromatic carbocycles. The topological polar surface area (TPSA) is 58.6 Å².